The second-order valence-electron chi connectivity index (χ2n) is 5.15. The zero-order valence-corrected chi connectivity index (χ0v) is 15.5. The Hall–Kier alpha value is -1.41. The molecule has 0 heterocycles. The number of rotatable bonds is 7. The zero-order valence-electron chi connectivity index (χ0n) is 13.1. The number of halogens is 1. The summed E-state index contributed by atoms with van der Waals surface area (Å²) in [5, 5.41) is 0.626. The molecular weight excluding hydrogens is 370 g/mol. The molecule has 0 bridgehead atoms. The van der Waals surface area contributed by atoms with E-state index < -0.39 is 19.9 Å². The Morgan fingerprint density at radius 2 is 1.42 bits per heavy atom. The molecule has 2 aromatic rings. The van der Waals surface area contributed by atoms with Gasteiger partial charge in [0.25, 0.3) is 0 Å². The van der Waals surface area contributed by atoms with Gasteiger partial charge < -0.3 is 0 Å². The Balaban J connectivity index is 2.03. The van der Waals surface area contributed by atoms with Gasteiger partial charge >= 0.3 is 0 Å². The van der Waals surface area contributed by atoms with Gasteiger partial charge in [-0.25, -0.2) is 21.6 Å². The summed E-state index contributed by atoms with van der Waals surface area (Å²) in [5.74, 6) is -0.0293. The third-order valence-corrected chi connectivity index (χ3v) is 6.97. The third-order valence-electron chi connectivity index (χ3n) is 3.49. The van der Waals surface area contributed by atoms with Gasteiger partial charge in [-0.2, -0.15) is 0 Å². The van der Waals surface area contributed by atoms with Crippen molar-refractivity contribution in [1.29, 1.82) is 0 Å². The van der Waals surface area contributed by atoms with Crippen LogP contribution in [0.25, 0.3) is 0 Å². The molecule has 0 amide bonds. The smallest absolute Gasteiger partial charge is 0.224 e. The molecule has 0 fully saturated rings. The average Bonchev–Trinajstić information content (AvgIpc) is 2.57. The molecule has 130 valence electrons. The summed E-state index contributed by atoms with van der Waals surface area (Å²) in [5.41, 5.74) is 0.964. The topological polar surface area (TPSA) is 80.3 Å². The van der Waals surface area contributed by atoms with E-state index in [1.54, 1.807) is 12.1 Å². The summed E-state index contributed by atoms with van der Waals surface area (Å²) in [6, 6.07) is 12.4. The molecular formula is C16H18ClNO4S2. The lowest BCUT2D eigenvalue weighted by atomic mass is 10.2. The van der Waals surface area contributed by atoms with E-state index in [-0.39, 0.29) is 22.1 Å². The minimum absolute atomic E-state index is 0.0293. The summed E-state index contributed by atoms with van der Waals surface area (Å²) in [4.78, 5) is 0.152. The van der Waals surface area contributed by atoms with Crippen LogP contribution in [0.15, 0.2) is 58.3 Å². The van der Waals surface area contributed by atoms with Crippen LogP contribution in [-0.4, -0.2) is 29.1 Å². The van der Waals surface area contributed by atoms with Gasteiger partial charge in [0.05, 0.1) is 15.5 Å². The van der Waals surface area contributed by atoms with Crippen molar-refractivity contribution in [3.8, 4) is 0 Å². The van der Waals surface area contributed by atoms with Crippen LogP contribution in [0.1, 0.15) is 12.5 Å². The first-order valence-electron chi connectivity index (χ1n) is 7.31. The van der Waals surface area contributed by atoms with Crippen molar-refractivity contribution >= 4 is 31.5 Å². The molecule has 0 aromatic heterocycles. The molecule has 8 heteroatoms. The molecule has 2 rings (SSSR count). The van der Waals surface area contributed by atoms with E-state index >= 15 is 0 Å². The van der Waals surface area contributed by atoms with Gasteiger partial charge in [-0.3, -0.25) is 0 Å². The maximum absolute atomic E-state index is 12.2. The standard InChI is InChI=1S/C16H18ClNO4S2/c1-2-23(19,20)15-7-9-16(10-8-15)24(21,22)18-12-11-13-3-5-14(17)6-4-13/h3-10,18H,2,11-12H2,1H3. The van der Waals surface area contributed by atoms with Crippen LogP contribution < -0.4 is 4.72 Å². The van der Waals surface area contributed by atoms with Crippen molar-refractivity contribution < 1.29 is 16.8 Å². The first kappa shape index (κ1) is 18.9. The second kappa shape index (κ2) is 7.65. The highest BCUT2D eigenvalue weighted by molar-refractivity contribution is 7.91. The molecule has 0 spiro atoms. The Kier molecular flexibility index (Phi) is 6.03. The lowest BCUT2D eigenvalue weighted by Crippen LogP contribution is -2.26. The van der Waals surface area contributed by atoms with Crippen LogP contribution in [0, 0.1) is 0 Å². The van der Waals surface area contributed by atoms with Crippen molar-refractivity contribution in [2.24, 2.45) is 0 Å². The lowest BCUT2D eigenvalue weighted by molar-refractivity contribution is 0.580. The number of hydrogen-bond acceptors (Lipinski definition) is 4. The molecule has 0 saturated carbocycles. The molecule has 24 heavy (non-hydrogen) atoms. The fourth-order valence-electron chi connectivity index (χ4n) is 2.06. The van der Waals surface area contributed by atoms with Gasteiger partial charge in [0, 0.05) is 11.6 Å². The minimum atomic E-state index is -3.68. The van der Waals surface area contributed by atoms with Crippen LogP contribution in [0.2, 0.25) is 5.02 Å². The zero-order chi connectivity index (χ0) is 17.8. The average molecular weight is 388 g/mol. The van der Waals surface area contributed by atoms with Crippen molar-refractivity contribution in [1.82, 2.24) is 4.72 Å². The normalized spacial score (nSPS) is 12.2. The van der Waals surface area contributed by atoms with Crippen molar-refractivity contribution in [2.45, 2.75) is 23.1 Å². The highest BCUT2D eigenvalue weighted by atomic mass is 35.5. The lowest BCUT2D eigenvalue weighted by Gasteiger charge is -2.08. The molecule has 0 aliphatic heterocycles. The van der Waals surface area contributed by atoms with E-state index in [1.807, 2.05) is 12.1 Å². The maximum Gasteiger partial charge on any atom is 0.240 e. The molecule has 0 aliphatic carbocycles. The molecule has 0 unspecified atom stereocenters. The number of benzene rings is 2. The number of hydrogen-bond donors (Lipinski definition) is 1. The highest BCUT2D eigenvalue weighted by Crippen LogP contribution is 2.16. The predicted octanol–water partition coefficient (Wildman–Crippen LogP) is 2.65. The van der Waals surface area contributed by atoms with E-state index in [0.29, 0.717) is 11.4 Å². The summed E-state index contributed by atoms with van der Waals surface area (Å²) in [6.07, 6.45) is 0.526. The fraction of sp³-hybridized carbons (Fsp3) is 0.250. The third kappa shape index (κ3) is 4.80. The van der Waals surface area contributed by atoms with Crippen LogP contribution in [0.4, 0.5) is 0 Å². The number of sulfone groups is 1. The van der Waals surface area contributed by atoms with Crippen molar-refractivity contribution in [2.75, 3.05) is 12.3 Å². The minimum Gasteiger partial charge on any atom is -0.224 e. The first-order valence-corrected chi connectivity index (χ1v) is 10.8. The fourth-order valence-corrected chi connectivity index (χ4v) is 4.10. The summed E-state index contributed by atoms with van der Waals surface area (Å²) >= 11 is 5.80. The Morgan fingerprint density at radius 1 is 0.875 bits per heavy atom. The van der Waals surface area contributed by atoms with E-state index in [1.165, 1.54) is 31.2 Å². The van der Waals surface area contributed by atoms with E-state index in [4.69, 9.17) is 11.6 Å². The maximum atomic E-state index is 12.2. The Morgan fingerprint density at radius 3 is 1.96 bits per heavy atom. The SMILES string of the molecule is CCS(=O)(=O)c1ccc(S(=O)(=O)NCCc2ccc(Cl)cc2)cc1. The molecule has 1 N–H and O–H groups in total. The molecule has 0 saturated heterocycles. The van der Waals surface area contributed by atoms with E-state index in [9.17, 15) is 16.8 Å². The highest BCUT2D eigenvalue weighted by Gasteiger charge is 2.16. The van der Waals surface area contributed by atoms with Gasteiger partial charge in [0.2, 0.25) is 10.0 Å². The van der Waals surface area contributed by atoms with Gasteiger partial charge in [0.1, 0.15) is 0 Å². The van der Waals surface area contributed by atoms with Crippen molar-refractivity contribution in [3.05, 3.63) is 59.1 Å². The second-order valence-corrected chi connectivity index (χ2v) is 9.63. The van der Waals surface area contributed by atoms with Gasteiger partial charge in [-0.05, 0) is 48.4 Å². The summed E-state index contributed by atoms with van der Waals surface area (Å²) in [6.45, 7) is 1.78. The van der Waals surface area contributed by atoms with E-state index in [2.05, 4.69) is 4.72 Å². The number of nitrogens with one attached hydrogen (secondary N) is 1. The Bertz CT molecular complexity index is 890. The van der Waals surface area contributed by atoms with E-state index in [0.717, 1.165) is 5.56 Å². The van der Waals surface area contributed by atoms with Crippen LogP contribution >= 0.6 is 11.6 Å². The summed E-state index contributed by atoms with van der Waals surface area (Å²) < 4.78 is 50.4. The molecule has 5 nitrogen and oxygen atoms in total. The number of sulfonamides is 1. The van der Waals surface area contributed by atoms with Crippen LogP contribution in [0.5, 0.6) is 0 Å². The van der Waals surface area contributed by atoms with Gasteiger partial charge in [0.15, 0.2) is 9.84 Å². The quantitative estimate of drug-likeness (QED) is 0.791. The molecule has 0 atom stereocenters. The first-order chi connectivity index (χ1) is 11.2. The van der Waals surface area contributed by atoms with Crippen LogP contribution in [-0.2, 0) is 26.3 Å². The largest absolute Gasteiger partial charge is 0.240 e. The van der Waals surface area contributed by atoms with Gasteiger partial charge in [-0.1, -0.05) is 30.7 Å². The predicted molar refractivity (Wildman–Crippen MR) is 94.5 cm³/mol. The van der Waals surface area contributed by atoms with Crippen molar-refractivity contribution in [3.63, 3.8) is 0 Å². The monoisotopic (exact) mass is 387 g/mol. The van der Waals surface area contributed by atoms with Crippen LogP contribution in [0.3, 0.4) is 0 Å². The van der Waals surface area contributed by atoms with Gasteiger partial charge in [-0.15, -0.1) is 0 Å². The molecule has 2 aromatic carbocycles. The molecule has 0 radical (unpaired) electrons. The molecule has 0 aliphatic rings. The summed E-state index contributed by atoms with van der Waals surface area (Å²) in [7, 11) is -7.02. The Labute approximate surface area is 147 Å².